The van der Waals surface area contributed by atoms with Crippen LogP contribution in [-0.4, -0.2) is 52.9 Å². The molecule has 3 atom stereocenters. The molecule has 0 saturated heterocycles. The van der Waals surface area contributed by atoms with Crippen LogP contribution in [0, 0.1) is 0 Å². The van der Waals surface area contributed by atoms with Gasteiger partial charge in [0, 0.05) is 13.2 Å². The Morgan fingerprint density at radius 2 is 2.08 bits per heavy atom. The second-order valence-corrected chi connectivity index (χ2v) is 3.07. The Morgan fingerprint density at radius 3 is 2.38 bits per heavy atom. The highest BCUT2D eigenvalue weighted by atomic mass is 16.5. The molecule has 0 rings (SSSR count). The summed E-state index contributed by atoms with van der Waals surface area (Å²) >= 11 is 0. The van der Waals surface area contributed by atoms with Gasteiger partial charge in [-0.3, -0.25) is 0 Å². The van der Waals surface area contributed by atoms with E-state index in [9.17, 15) is 10.2 Å². The Morgan fingerprint density at radius 1 is 1.54 bits per heavy atom. The van der Waals surface area contributed by atoms with Crippen LogP contribution < -0.4 is 5.73 Å². The number of aliphatic hydroxyl groups is 3. The molecule has 5 heteroatoms. The molecule has 13 heavy (non-hydrogen) atoms. The maximum absolute atomic E-state index is 9.59. The fraction of sp³-hybridized carbons (Fsp3) is 1.00. The molecule has 0 radical (unpaired) electrons. The largest absolute Gasteiger partial charge is 0.393 e. The van der Waals surface area contributed by atoms with E-state index in [0.29, 0.717) is 6.61 Å². The fourth-order valence-corrected chi connectivity index (χ4v) is 1.07. The van der Waals surface area contributed by atoms with Crippen molar-refractivity contribution in [3.05, 3.63) is 0 Å². The second kappa shape index (κ2) is 5.51. The summed E-state index contributed by atoms with van der Waals surface area (Å²) in [5, 5.41) is 28.0. The first-order valence-electron chi connectivity index (χ1n) is 4.34. The third kappa shape index (κ3) is 3.21. The second-order valence-electron chi connectivity index (χ2n) is 3.07. The fourth-order valence-electron chi connectivity index (χ4n) is 1.07. The molecule has 0 aromatic heterocycles. The quantitative estimate of drug-likeness (QED) is 0.410. The van der Waals surface area contributed by atoms with Gasteiger partial charge >= 0.3 is 0 Å². The van der Waals surface area contributed by atoms with Crippen molar-refractivity contribution in [2.24, 2.45) is 5.73 Å². The van der Waals surface area contributed by atoms with Gasteiger partial charge in [-0.15, -0.1) is 0 Å². The molecular weight excluding hydrogens is 174 g/mol. The molecule has 0 spiro atoms. The minimum absolute atomic E-state index is 0.206. The Bertz CT molecular complexity index is 138. The molecule has 0 bridgehead atoms. The molecule has 80 valence electrons. The van der Waals surface area contributed by atoms with Crippen molar-refractivity contribution in [1.82, 2.24) is 0 Å². The topological polar surface area (TPSA) is 95.9 Å². The number of aliphatic hydroxyl groups excluding tert-OH is 2. The predicted octanol–water partition coefficient (Wildman–Crippen LogP) is -1.55. The van der Waals surface area contributed by atoms with Gasteiger partial charge in [0.15, 0.2) is 0 Å². The minimum atomic E-state index is -1.67. The molecule has 0 aromatic carbocycles. The van der Waals surface area contributed by atoms with Gasteiger partial charge in [0.1, 0.15) is 11.7 Å². The number of rotatable bonds is 6. The van der Waals surface area contributed by atoms with Crippen molar-refractivity contribution in [2.75, 3.05) is 19.8 Å². The zero-order valence-corrected chi connectivity index (χ0v) is 8.10. The number of ether oxygens (including phenoxy) is 1. The van der Waals surface area contributed by atoms with E-state index < -0.39 is 24.4 Å². The minimum Gasteiger partial charge on any atom is -0.393 e. The lowest BCUT2D eigenvalue weighted by atomic mass is 9.94. The molecule has 2 unspecified atom stereocenters. The highest BCUT2D eigenvalue weighted by Gasteiger charge is 2.37. The highest BCUT2D eigenvalue weighted by Crippen LogP contribution is 2.14. The van der Waals surface area contributed by atoms with Gasteiger partial charge in [0.2, 0.25) is 0 Å². The van der Waals surface area contributed by atoms with E-state index in [2.05, 4.69) is 0 Å². The predicted molar refractivity (Wildman–Crippen MR) is 48.2 cm³/mol. The maximum Gasteiger partial charge on any atom is 0.128 e. The van der Waals surface area contributed by atoms with Crippen molar-refractivity contribution in [2.45, 2.75) is 31.7 Å². The molecule has 0 saturated carbocycles. The van der Waals surface area contributed by atoms with E-state index in [0.717, 1.165) is 0 Å². The van der Waals surface area contributed by atoms with Crippen LogP contribution in [0.5, 0.6) is 0 Å². The first kappa shape index (κ1) is 12.8. The van der Waals surface area contributed by atoms with Gasteiger partial charge in [-0.25, -0.2) is 0 Å². The first-order valence-corrected chi connectivity index (χ1v) is 4.34. The van der Waals surface area contributed by atoms with Gasteiger partial charge in [-0.2, -0.15) is 0 Å². The van der Waals surface area contributed by atoms with Crippen molar-refractivity contribution in [3.8, 4) is 0 Å². The molecule has 5 nitrogen and oxygen atoms in total. The van der Waals surface area contributed by atoms with Crippen molar-refractivity contribution < 1.29 is 20.1 Å². The highest BCUT2D eigenvalue weighted by molar-refractivity contribution is 4.90. The lowest BCUT2D eigenvalue weighted by Gasteiger charge is -2.33. The Hall–Kier alpha value is -0.200. The summed E-state index contributed by atoms with van der Waals surface area (Å²) in [4.78, 5) is 0. The average molecular weight is 193 g/mol. The van der Waals surface area contributed by atoms with E-state index >= 15 is 0 Å². The first-order chi connectivity index (χ1) is 6.01. The van der Waals surface area contributed by atoms with E-state index in [1.54, 1.807) is 13.8 Å². The SMILES string of the molecule is CCOC(C)C(O)[C@@](O)(CN)CO. The summed E-state index contributed by atoms with van der Waals surface area (Å²) in [7, 11) is 0. The van der Waals surface area contributed by atoms with Crippen LogP contribution in [-0.2, 0) is 4.74 Å². The van der Waals surface area contributed by atoms with Gasteiger partial charge < -0.3 is 25.8 Å². The summed E-state index contributed by atoms with van der Waals surface area (Å²) in [5.74, 6) is 0. The van der Waals surface area contributed by atoms with Crippen LogP contribution in [0.2, 0.25) is 0 Å². The van der Waals surface area contributed by atoms with Crippen LogP contribution in [0.4, 0.5) is 0 Å². The third-order valence-electron chi connectivity index (χ3n) is 2.05. The lowest BCUT2D eigenvalue weighted by molar-refractivity contribution is -0.148. The van der Waals surface area contributed by atoms with E-state index in [1.165, 1.54) is 0 Å². The smallest absolute Gasteiger partial charge is 0.128 e. The Balaban J connectivity index is 4.27. The number of hydrogen-bond donors (Lipinski definition) is 4. The number of nitrogens with two attached hydrogens (primary N) is 1. The molecule has 0 amide bonds. The molecule has 0 aliphatic rings. The van der Waals surface area contributed by atoms with Crippen LogP contribution >= 0.6 is 0 Å². The van der Waals surface area contributed by atoms with Gasteiger partial charge in [0.05, 0.1) is 12.7 Å². The molecular formula is C8H19NO4. The van der Waals surface area contributed by atoms with Crippen molar-refractivity contribution in [1.29, 1.82) is 0 Å². The summed E-state index contributed by atoms with van der Waals surface area (Å²) in [5.41, 5.74) is 3.55. The monoisotopic (exact) mass is 193 g/mol. The standard InChI is InChI=1S/C8H19NO4/c1-3-13-6(2)7(11)8(12,4-9)5-10/h6-7,10-12H,3-5,9H2,1-2H3/t6?,7?,8-/m1/s1. The van der Waals surface area contributed by atoms with Crippen LogP contribution in [0.15, 0.2) is 0 Å². The molecule has 0 aliphatic heterocycles. The van der Waals surface area contributed by atoms with Crippen molar-refractivity contribution >= 4 is 0 Å². The van der Waals surface area contributed by atoms with E-state index in [1.807, 2.05) is 0 Å². The molecule has 0 aromatic rings. The van der Waals surface area contributed by atoms with Crippen LogP contribution in [0.25, 0.3) is 0 Å². The molecule has 0 aliphatic carbocycles. The van der Waals surface area contributed by atoms with Crippen LogP contribution in [0.1, 0.15) is 13.8 Å². The van der Waals surface area contributed by atoms with Crippen molar-refractivity contribution in [3.63, 3.8) is 0 Å². The normalized spacial score (nSPS) is 20.8. The zero-order chi connectivity index (χ0) is 10.5. The number of hydrogen-bond acceptors (Lipinski definition) is 5. The molecule has 0 fully saturated rings. The summed E-state index contributed by atoms with van der Waals surface area (Å²) in [6.07, 6.45) is -1.73. The van der Waals surface area contributed by atoms with E-state index in [-0.39, 0.29) is 6.54 Å². The Kier molecular flexibility index (Phi) is 5.43. The zero-order valence-electron chi connectivity index (χ0n) is 8.10. The van der Waals surface area contributed by atoms with Gasteiger partial charge in [-0.1, -0.05) is 0 Å². The lowest BCUT2D eigenvalue weighted by Crippen LogP contribution is -2.56. The average Bonchev–Trinajstić information content (AvgIpc) is 2.16. The maximum atomic E-state index is 9.59. The summed E-state index contributed by atoms with van der Waals surface area (Å²) < 4.78 is 5.08. The third-order valence-corrected chi connectivity index (χ3v) is 2.05. The van der Waals surface area contributed by atoms with Crippen LogP contribution in [0.3, 0.4) is 0 Å². The molecule has 0 heterocycles. The van der Waals surface area contributed by atoms with Gasteiger partial charge in [0.25, 0.3) is 0 Å². The summed E-state index contributed by atoms with van der Waals surface area (Å²) in [6.45, 7) is 3.04. The Labute approximate surface area is 78.1 Å². The van der Waals surface area contributed by atoms with Gasteiger partial charge in [-0.05, 0) is 13.8 Å². The summed E-state index contributed by atoms with van der Waals surface area (Å²) in [6, 6.07) is 0. The van der Waals surface area contributed by atoms with E-state index in [4.69, 9.17) is 15.6 Å². The molecule has 5 N–H and O–H groups in total.